The second-order valence-corrected chi connectivity index (χ2v) is 7.90. The van der Waals surface area contributed by atoms with Gasteiger partial charge in [-0.1, -0.05) is 0 Å². The Hall–Kier alpha value is -3.50. The van der Waals surface area contributed by atoms with Crippen molar-refractivity contribution in [2.75, 3.05) is 38.1 Å². The van der Waals surface area contributed by atoms with Crippen molar-refractivity contribution in [3.63, 3.8) is 0 Å². The Kier molecular flexibility index (Phi) is 4.42. The van der Waals surface area contributed by atoms with Crippen LogP contribution in [0.1, 0.15) is 27.8 Å². The van der Waals surface area contributed by atoms with E-state index >= 15 is 0 Å². The first-order valence-corrected chi connectivity index (χ1v) is 10.0. The molecule has 1 aromatic carbocycles. The average Bonchev–Trinajstić information content (AvgIpc) is 3.33. The van der Waals surface area contributed by atoms with Gasteiger partial charge in [0.1, 0.15) is 35.2 Å². The Morgan fingerprint density at radius 2 is 1.81 bits per heavy atom. The molecule has 1 fully saturated rings. The van der Waals surface area contributed by atoms with Crippen LogP contribution in [0.2, 0.25) is 0 Å². The van der Waals surface area contributed by atoms with Gasteiger partial charge in [0.05, 0.1) is 11.0 Å². The lowest BCUT2D eigenvalue weighted by Gasteiger charge is -2.34. The zero-order valence-corrected chi connectivity index (χ0v) is 17.2. The predicted octanol–water partition coefficient (Wildman–Crippen LogP) is 0.732. The van der Waals surface area contributed by atoms with E-state index in [1.54, 1.807) is 0 Å². The number of Topliss-reactive ketones (excluding diaryl/α,β-unsaturated/α-hetero) is 2. The molecule has 0 atom stereocenters. The number of hydrogen-bond donors (Lipinski definition) is 3. The minimum atomic E-state index is -0.865. The molecule has 2 aliphatic rings. The fourth-order valence-corrected chi connectivity index (χ4v) is 4.16. The molecule has 1 saturated heterocycles. The Balaban J connectivity index is 1.58. The molecule has 3 heterocycles. The molecule has 2 aromatic heterocycles. The molecule has 5 rings (SSSR count). The predicted molar refractivity (Wildman–Crippen MR) is 114 cm³/mol. The number of carbonyl (C=O) groups is 2. The molecule has 0 saturated carbocycles. The first kappa shape index (κ1) is 19.5. The topological polar surface area (TPSA) is 128 Å². The van der Waals surface area contributed by atoms with Crippen molar-refractivity contribution in [2.24, 2.45) is 7.05 Å². The van der Waals surface area contributed by atoms with Crippen LogP contribution < -0.4 is 4.90 Å². The Labute approximate surface area is 177 Å². The van der Waals surface area contributed by atoms with E-state index in [-0.39, 0.29) is 28.6 Å². The number of piperazine rings is 1. The van der Waals surface area contributed by atoms with Gasteiger partial charge in [0.2, 0.25) is 5.78 Å². The van der Waals surface area contributed by atoms with Gasteiger partial charge in [0, 0.05) is 38.9 Å². The maximum absolute atomic E-state index is 12.8. The lowest BCUT2D eigenvalue weighted by Crippen LogP contribution is -2.44. The summed E-state index contributed by atoms with van der Waals surface area (Å²) >= 11 is 0. The van der Waals surface area contributed by atoms with E-state index in [0.717, 1.165) is 31.9 Å². The first-order valence-electron chi connectivity index (χ1n) is 10.0. The molecule has 0 spiro atoms. The summed E-state index contributed by atoms with van der Waals surface area (Å²) in [7, 11) is 3.61. The van der Waals surface area contributed by atoms with E-state index in [1.165, 1.54) is 11.6 Å². The number of rotatable bonds is 3. The van der Waals surface area contributed by atoms with Crippen LogP contribution in [-0.4, -0.2) is 79.4 Å². The van der Waals surface area contributed by atoms with Crippen LogP contribution in [0.3, 0.4) is 0 Å². The highest BCUT2D eigenvalue weighted by molar-refractivity contribution is 6.61. The monoisotopic (exact) mass is 422 g/mol. The molecule has 3 aromatic rings. The van der Waals surface area contributed by atoms with Crippen molar-refractivity contribution >= 4 is 39.6 Å². The number of anilines is 1. The summed E-state index contributed by atoms with van der Waals surface area (Å²) in [6.45, 7) is 3.36. The van der Waals surface area contributed by atoms with Crippen molar-refractivity contribution in [3.05, 3.63) is 41.2 Å². The maximum Gasteiger partial charge on any atom is 0.252 e. The lowest BCUT2D eigenvalue weighted by molar-refractivity contribution is -0.110. The second kappa shape index (κ2) is 7.03. The standard InChI is InChI=1S/C21H22N6O4/c1-25-5-7-27(8-6-25)11-3-4-12-13(9-11)23-21(22-12)15-18(29)16-17(20(31)19(15)30)26(2)14(10-28)24-16/h3-4,9,28-29H,5-8,10H2,1-2H3,(H,22,23). The van der Waals surface area contributed by atoms with Crippen molar-refractivity contribution in [1.82, 2.24) is 24.4 Å². The van der Waals surface area contributed by atoms with Crippen molar-refractivity contribution in [2.45, 2.75) is 6.61 Å². The average molecular weight is 422 g/mol. The van der Waals surface area contributed by atoms with E-state index in [1.807, 2.05) is 18.2 Å². The Morgan fingerprint density at radius 3 is 2.52 bits per heavy atom. The zero-order chi connectivity index (χ0) is 21.9. The molecule has 3 N–H and O–H groups in total. The van der Waals surface area contributed by atoms with Gasteiger partial charge in [-0.25, -0.2) is 9.97 Å². The minimum Gasteiger partial charge on any atom is -0.505 e. The van der Waals surface area contributed by atoms with Gasteiger partial charge in [-0.2, -0.15) is 0 Å². The number of aromatic nitrogens is 4. The first-order chi connectivity index (χ1) is 14.9. The summed E-state index contributed by atoms with van der Waals surface area (Å²) in [4.78, 5) is 41.7. The number of H-pyrrole nitrogens is 1. The summed E-state index contributed by atoms with van der Waals surface area (Å²) in [5.74, 6) is -1.79. The third-order valence-corrected chi connectivity index (χ3v) is 6.01. The number of benzene rings is 1. The number of aliphatic hydroxyl groups excluding tert-OH is 2. The molecule has 0 unspecified atom stereocenters. The van der Waals surface area contributed by atoms with Crippen LogP contribution in [-0.2, 0) is 18.4 Å². The molecule has 160 valence electrons. The molecule has 1 aliphatic heterocycles. The highest BCUT2D eigenvalue weighted by atomic mass is 16.3. The van der Waals surface area contributed by atoms with Crippen LogP contribution in [0.25, 0.3) is 22.4 Å². The number of imidazole rings is 2. The molecule has 31 heavy (non-hydrogen) atoms. The number of allylic oxidation sites excluding steroid dienone is 1. The van der Waals surface area contributed by atoms with Crippen LogP contribution in [0.15, 0.2) is 18.2 Å². The van der Waals surface area contributed by atoms with Gasteiger partial charge >= 0.3 is 0 Å². The number of aliphatic hydroxyl groups is 2. The summed E-state index contributed by atoms with van der Waals surface area (Å²) in [5.41, 5.74) is 2.09. The number of hydrogen-bond acceptors (Lipinski definition) is 8. The quantitative estimate of drug-likeness (QED) is 0.527. The van der Waals surface area contributed by atoms with Gasteiger partial charge in [0.15, 0.2) is 5.76 Å². The van der Waals surface area contributed by atoms with Crippen molar-refractivity contribution < 1.29 is 19.8 Å². The molecular formula is C21H22N6O4. The van der Waals surface area contributed by atoms with Crippen LogP contribution in [0, 0.1) is 0 Å². The smallest absolute Gasteiger partial charge is 0.252 e. The summed E-state index contributed by atoms with van der Waals surface area (Å²) in [6, 6.07) is 5.79. The van der Waals surface area contributed by atoms with E-state index in [0.29, 0.717) is 11.0 Å². The van der Waals surface area contributed by atoms with Crippen LogP contribution in [0.5, 0.6) is 0 Å². The summed E-state index contributed by atoms with van der Waals surface area (Å²) in [6.07, 6.45) is 0. The Bertz CT molecular complexity index is 1260. The van der Waals surface area contributed by atoms with Gasteiger partial charge in [0.25, 0.3) is 5.78 Å². The van der Waals surface area contributed by atoms with Crippen LogP contribution >= 0.6 is 0 Å². The number of carbonyl (C=O) groups excluding carboxylic acids is 2. The zero-order valence-electron chi connectivity index (χ0n) is 17.2. The van der Waals surface area contributed by atoms with Crippen molar-refractivity contribution in [3.8, 4) is 0 Å². The molecule has 0 amide bonds. The van der Waals surface area contributed by atoms with Gasteiger partial charge in [-0.05, 0) is 25.2 Å². The third-order valence-electron chi connectivity index (χ3n) is 6.01. The van der Waals surface area contributed by atoms with E-state index in [9.17, 15) is 19.8 Å². The molecule has 0 radical (unpaired) electrons. The number of nitrogens with zero attached hydrogens (tertiary/aromatic N) is 5. The molecule has 10 heteroatoms. The van der Waals surface area contributed by atoms with E-state index < -0.39 is 23.9 Å². The fourth-order valence-electron chi connectivity index (χ4n) is 4.16. The van der Waals surface area contributed by atoms with Gasteiger partial charge in [-0.3, -0.25) is 9.59 Å². The van der Waals surface area contributed by atoms with E-state index in [2.05, 4.69) is 31.8 Å². The van der Waals surface area contributed by atoms with Crippen molar-refractivity contribution in [1.29, 1.82) is 0 Å². The third kappa shape index (κ3) is 2.94. The second-order valence-electron chi connectivity index (χ2n) is 7.90. The summed E-state index contributed by atoms with van der Waals surface area (Å²) in [5, 5.41) is 20.2. The number of aromatic amines is 1. The molecular weight excluding hydrogens is 400 g/mol. The van der Waals surface area contributed by atoms with Gasteiger partial charge in [-0.15, -0.1) is 0 Å². The lowest BCUT2D eigenvalue weighted by atomic mass is 9.95. The minimum absolute atomic E-state index is 0.0234. The molecule has 1 aliphatic carbocycles. The number of likely N-dealkylation sites (N-methyl/N-ethyl adjacent to an activating group) is 1. The van der Waals surface area contributed by atoms with E-state index in [4.69, 9.17) is 0 Å². The number of ketones is 2. The van der Waals surface area contributed by atoms with Crippen LogP contribution in [0.4, 0.5) is 5.69 Å². The number of fused-ring (bicyclic) bond motifs is 2. The SMILES string of the molecule is CN1CCN(c2ccc3nc(C4=C(O)c5nc(CO)n(C)c5C(=O)C4=O)[nH]c3c2)CC1. The highest BCUT2D eigenvalue weighted by Crippen LogP contribution is 2.33. The number of nitrogens with one attached hydrogen (secondary N) is 1. The Morgan fingerprint density at radius 1 is 1.06 bits per heavy atom. The van der Waals surface area contributed by atoms with Gasteiger partial charge < -0.3 is 29.6 Å². The normalized spacial score (nSPS) is 17.7. The molecule has 10 nitrogen and oxygen atoms in total. The summed E-state index contributed by atoms with van der Waals surface area (Å²) < 4.78 is 1.32. The highest BCUT2D eigenvalue weighted by Gasteiger charge is 2.39. The fraction of sp³-hybridized carbons (Fsp3) is 0.333. The maximum atomic E-state index is 12.8. The molecule has 0 bridgehead atoms. The largest absolute Gasteiger partial charge is 0.505 e.